The van der Waals surface area contributed by atoms with E-state index in [1.165, 1.54) is 0 Å². The number of thioether (sulfide) groups is 1. The molecule has 15 heteroatoms. The van der Waals surface area contributed by atoms with Gasteiger partial charge in [0.25, 0.3) is 5.91 Å². The Kier molecular flexibility index (Phi) is 9.97. The number of hydrogen-bond acceptors (Lipinski definition) is 7. The van der Waals surface area contributed by atoms with Crippen molar-refractivity contribution < 1.29 is 42.3 Å². The molecule has 2 saturated heterocycles. The van der Waals surface area contributed by atoms with E-state index in [0.29, 0.717) is 11.7 Å². The number of fused-ring (bicyclic) bond motifs is 1. The van der Waals surface area contributed by atoms with E-state index in [2.05, 4.69) is 26.3 Å². The summed E-state index contributed by atoms with van der Waals surface area (Å²) in [4.78, 5) is 46.8. The predicted octanol–water partition coefficient (Wildman–Crippen LogP) is -0.617. The van der Waals surface area contributed by atoms with Crippen molar-refractivity contribution in [3.63, 3.8) is 0 Å². The van der Waals surface area contributed by atoms with Gasteiger partial charge < -0.3 is 15.7 Å². The zero-order chi connectivity index (χ0) is 22.0. The Morgan fingerprint density at radius 2 is 1.83 bits per heavy atom. The fourth-order valence-corrected chi connectivity index (χ4v) is 4.13. The summed E-state index contributed by atoms with van der Waals surface area (Å²) >= 11 is 1.85. The van der Waals surface area contributed by atoms with Gasteiger partial charge in [-0.2, -0.15) is 24.9 Å². The lowest BCUT2D eigenvalue weighted by Crippen LogP contribution is -2.43. The number of carbonyl (C=O) groups is 4. The van der Waals surface area contributed by atoms with Gasteiger partial charge in [-0.25, -0.2) is 15.5 Å². The molecular formula is C14H22F3N5O6S. The van der Waals surface area contributed by atoms with E-state index in [4.69, 9.17) is 15.8 Å². The smallest absolute Gasteiger partial charge is 0.475 e. The van der Waals surface area contributed by atoms with E-state index in [-0.39, 0.29) is 30.6 Å². The van der Waals surface area contributed by atoms with Gasteiger partial charge in [-0.15, -0.1) is 0 Å². The van der Waals surface area contributed by atoms with Crippen molar-refractivity contribution in [1.29, 1.82) is 0 Å². The van der Waals surface area contributed by atoms with Crippen LogP contribution in [-0.4, -0.2) is 64.8 Å². The maximum Gasteiger partial charge on any atom is 0.490 e. The molecule has 0 radical (unpaired) electrons. The number of hydrazine groups is 1. The molecule has 0 aromatic carbocycles. The molecule has 2 aliphatic rings. The Bertz CT molecular complexity index is 609. The minimum absolute atomic E-state index is 0.0862. The lowest BCUT2D eigenvalue weighted by atomic mass is 10.0. The summed E-state index contributed by atoms with van der Waals surface area (Å²) < 4.78 is 31.7. The largest absolute Gasteiger partial charge is 0.490 e. The Hall–Kier alpha value is -2.26. The number of nitrogens with two attached hydrogens (primary N) is 1. The number of unbranched alkanes of at least 4 members (excludes halogenated alkanes) is 1. The van der Waals surface area contributed by atoms with Crippen LogP contribution in [0.15, 0.2) is 0 Å². The van der Waals surface area contributed by atoms with E-state index in [0.717, 1.165) is 25.0 Å². The summed E-state index contributed by atoms with van der Waals surface area (Å²) in [6.45, 7) is -0.304. The number of carboxylic acid groups (broad SMARTS) is 1. The van der Waals surface area contributed by atoms with Gasteiger partial charge >= 0.3 is 18.2 Å². The lowest BCUT2D eigenvalue weighted by molar-refractivity contribution is -0.192. The van der Waals surface area contributed by atoms with Crippen LogP contribution in [0, 0.1) is 0 Å². The zero-order valence-corrected chi connectivity index (χ0v) is 15.9. The van der Waals surface area contributed by atoms with E-state index in [9.17, 15) is 27.6 Å². The summed E-state index contributed by atoms with van der Waals surface area (Å²) in [5.74, 6) is 2.15. The summed E-state index contributed by atoms with van der Waals surface area (Å²) in [5.41, 5.74) is 4.49. The number of rotatable bonds is 7. The molecule has 0 bridgehead atoms. The summed E-state index contributed by atoms with van der Waals surface area (Å²) in [6.07, 6.45) is -2.18. The molecule has 0 saturated carbocycles. The molecule has 3 atom stereocenters. The van der Waals surface area contributed by atoms with Crippen LogP contribution in [-0.2, 0) is 19.2 Å². The van der Waals surface area contributed by atoms with E-state index in [1.54, 1.807) is 0 Å². The van der Waals surface area contributed by atoms with Crippen molar-refractivity contribution >= 4 is 35.6 Å². The summed E-state index contributed by atoms with van der Waals surface area (Å²) in [5, 5.41) is 13.4. The quantitative estimate of drug-likeness (QED) is 0.171. The first-order valence-corrected chi connectivity index (χ1v) is 9.47. The number of hydrogen-bond donors (Lipinski definition) is 6. The van der Waals surface area contributed by atoms with Gasteiger partial charge in [0.05, 0.1) is 12.1 Å². The van der Waals surface area contributed by atoms with Crippen molar-refractivity contribution in [1.82, 2.24) is 21.5 Å². The van der Waals surface area contributed by atoms with Gasteiger partial charge in [0.15, 0.2) is 0 Å². The number of nitrogens with one attached hydrogen (secondary N) is 4. The zero-order valence-electron chi connectivity index (χ0n) is 15.1. The van der Waals surface area contributed by atoms with Crippen molar-refractivity contribution in [3.05, 3.63) is 0 Å². The van der Waals surface area contributed by atoms with Gasteiger partial charge in [-0.1, -0.05) is 6.42 Å². The minimum atomic E-state index is -5.08. The topological polar surface area (TPSA) is 172 Å². The molecule has 166 valence electrons. The Morgan fingerprint density at radius 1 is 1.21 bits per heavy atom. The van der Waals surface area contributed by atoms with Gasteiger partial charge in [0.1, 0.15) is 6.61 Å². The highest BCUT2D eigenvalue weighted by Gasteiger charge is 2.42. The fourth-order valence-electron chi connectivity index (χ4n) is 2.59. The Labute approximate surface area is 167 Å². The number of alkyl halides is 3. The molecule has 0 aliphatic carbocycles. The Balaban J connectivity index is 0.000000516. The highest BCUT2D eigenvalue weighted by Crippen LogP contribution is 2.33. The van der Waals surface area contributed by atoms with Gasteiger partial charge in [0, 0.05) is 17.4 Å². The van der Waals surface area contributed by atoms with Crippen molar-refractivity contribution in [2.45, 2.75) is 49.2 Å². The number of urea groups is 1. The van der Waals surface area contributed by atoms with Crippen LogP contribution in [0.5, 0.6) is 0 Å². The highest BCUT2D eigenvalue weighted by molar-refractivity contribution is 8.00. The van der Waals surface area contributed by atoms with Crippen LogP contribution in [0.2, 0.25) is 0 Å². The monoisotopic (exact) mass is 445 g/mol. The minimum Gasteiger partial charge on any atom is -0.475 e. The molecule has 0 aromatic rings. The lowest BCUT2D eigenvalue weighted by Gasteiger charge is -2.16. The molecule has 2 heterocycles. The molecule has 29 heavy (non-hydrogen) atoms. The van der Waals surface area contributed by atoms with E-state index >= 15 is 0 Å². The second-order valence-corrected chi connectivity index (χ2v) is 7.35. The molecular weight excluding hydrogens is 423 g/mol. The molecule has 11 nitrogen and oxygen atoms in total. The summed E-state index contributed by atoms with van der Waals surface area (Å²) in [6, 6.07) is 0.338. The third-order valence-corrected chi connectivity index (χ3v) is 5.39. The fraction of sp³-hybridized carbons (Fsp3) is 0.714. The first-order valence-electron chi connectivity index (χ1n) is 8.42. The predicted molar refractivity (Wildman–Crippen MR) is 94.1 cm³/mol. The molecule has 2 rings (SSSR count). The van der Waals surface area contributed by atoms with Gasteiger partial charge in [-0.05, 0) is 12.8 Å². The van der Waals surface area contributed by atoms with Crippen molar-refractivity contribution in [3.8, 4) is 0 Å². The van der Waals surface area contributed by atoms with Gasteiger partial charge in [0.2, 0.25) is 5.91 Å². The maximum absolute atomic E-state index is 11.5. The highest BCUT2D eigenvalue weighted by atomic mass is 32.2. The number of carbonyl (C=O) groups excluding carboxylic acids is 3. The van der Waals surface area contributed by atoms with Gasteiger partial charge in [-0.3, -0.25) is 25.3 Å². The average molecular weight is 445 g/mol. The Morgan fingerprint density at radius 3 is 2.41 bits per heavy atom. The van der Waals surface area contributed by atoms with Crippen LogP contribution in [0.1, 0.15) is 25.7 Å². The van der Waals surface area contributed by atoms with Crippen LogP contribution < -0.4 is 27.4 Å². The standard InChI is InChI=1S/C12H21N5O4S.C2HF3O2/c13-21-5-10(19)17-16-9(18)4-2-1-3-8-11-7(6-22-8)14-12(20)15-11;3-2(4,5)1(6)7/h7-8,11H,1-6,13H2,(H,16,18)(H,17,19)(H2,14,15,20);(H,6,7)/t7-,8-,11-;/m0./s1. The second kappa shape index (κ2) is 11.7. The third kappa shape index (κ3) is 9.19. The molecule has 7 N–H and O–H groups in total. The van der Waals surface area contributed by atoms with Crippen molar-refractivity contribution in [2.24, 2.45) is 5.90 Å². The van der Waals surface area contributed by atoms with E-state index in [1.807, 2.05) is 11.8 Å². The second-order valence-electron chi connectivity index (χ2n) is 6.08. The molecule has 0 aromatic heterocycles. The number of carboxylic acids is 1. The molecule has 4 amide bonds. The normalized spacial score (nSPS) is 22.5. The van der Waals surface area contributed by atoms with Crippen LogP contribution in [0.25, 0.3) is 0 Å². The van der Waals surface area contributed by atoms with Crippen LogP contribution >= 0.6 is 11.8 Å². The molecule has 0 unspecified atom stereocenters. The molecule has 2 aliphatic heterocycles. The van der Waals surface area contributed by atoms with Crippen molar-refractivity contribution in [2.75, 3.05) is 12.4 Å². The molecule has 0 spiro atoms. The molecule has 2 fully saturated rings. The third-order valence-electron chi connectivity index (χ3n) is 3.88. The number of halogens is 3. The SMILES string of the molecule is NOCC(=O)NNC(=O)CCCC[C@@H]1SC[C@@H]2NC(=O)N[C@@H]21.O=C(O)C(F)(F)F. The first kappa shape index (κ1) is 24.8. The van der Waals surface area contributed by atoms with Crippen LogP contribution in [0.3, 0.4) is 0 Å². The maximum atomic E-state index is 11.5. The van der Waals surface area contributed by atoms with E-state index < -0.39 is 18.1 Å². The van der Waals surface area contributed by atoms with Crippen LogP contribution in [0.4, 0.5) is 18.0 Å². The average Bonchev–Trinajstić information content (AvgIpc) is 3.16. The number of aliphatic carboxylic acids is 1. The first-order chi connectivity index (χ1) is 13.5. The summed E-state index contributed by atoms with van der Waals surface area (Å²) in [7, 11) is 0. The number of amides is 4.